The van der Waals surface area contributed by atoms with Crippen LogP contribution >= 0.6 is 0 Å². The average molecular weight is 475 g/mol. The van der Waals surface area contributed by atoms with E-state index in [0.29, 0.717) is 18.5 Å². The number of ether oxygens (including phenoxy) is 1. The van der Waals surface area contributed by atoms with E-state index in [4.69, 9.17) is 4.74 Å². The fourth-order valence-corrected chi connectivity index (χ4v) is 5.88. The number of nitrogens with one attached hydrogen (secondary N) is 1. The second kappa shape index (κ2) is 9.17. The third kappa shape index (κ3) is 4.95. The van der Waals surface area contributed by atoms with Crippen LogP contribution in [0.15, 0.2) is 47.2 Å². The summed E-state index contributed by atoms with van der Waals surface area (Å²) in [5, 5.41) is 3.37. The molecule has 9 heteroatoms. The number of carbonyl (C=O) groups excluding carboxylic acids is 2. The monoisotopic (exact) mass is 474 g/mol. The molecule has 0 radical (unpaired) electrons. The van der Waals surface area contributed by atoms with Crippen molar-refractivity contribution in [3.63, 3.8) is 0 Å². The predicted molar refractivity (Wildman–Crippen MR) is 127 cm³/mol. The molecule has 1 aliphatic rings. The highest BCUT2D eigenvalue weighted by Crippen LogP contribution is 2.30. The molecule has 0 saturated carbocycles. The Morgan fingerprint density at radius 1 is 1.06 bits per heavy atom. The van der Waals surface area contributed by atoms with Crippen molar-refractivity contribution in [2.24, 2.45) is 0 Å². The molecule has 1 N–H and O–H groups in total. The van der Waals surface area contributed by atoms with E-state index in [0.717, 1.165) is 28.2 Å². The summed E-state index contributed by atoms with van der Waals surface area (Å²) < 4.78 is 32.8. The average Bonchev–Trinajstić information content (AvgIpc) is 3.11. The summed E-state index contributed by atoms with van der Waals surface area (Å²) >= 11 is 0. The normalized spacial score (nSPS) is 14.3. The maximum absolute atomic E-state index is 13.4. The number of fused-ring (bicyclic) bond motifs is 1. The minimum atomic E-state index is -4.07. The molecule has 1 aromatic carbocycles. The summed E-state index contributed by atoms with van der Waals surface area (Å²) in [6.07, 6.45) is 2.97. The molecule has 7 nitrogen and oxygen atoms in total. The van der Waals surface area contributed by atoms with E-state index in [9.17, 15) is 18.0 Å². The largest absolute Gasteiger partial charge is 0.492 e. The van der Waals surface area contributed by atoms with Crippen LogP contribution in [0.5, 0.6) is 0 Å². The number of methoxy groups -OCH3 is 1. The second-order valence-corrected chi connectivity index (χ2v) is 16.6. The van der Waals surface area contributed by atoms with Gasteiger partial charge in [-0.1, -0.05) is 37.3 Å². The van der Waals surface area contributed by atoms with E-state index in [1.54, 1.807) is 12.1 Å². The molecule has 0 aliphatic heterocycles. The van der Waals surface area contributed by atoms with Crippen molar-refractivity contribution >= 4 is 29.7 Å². The SMILES string of the molecule is COC1=CC(=O)c2c(CCNCC[Si](C)(C)C)cn(S(=O)(=O)c3ccc(C)cc3)c2C1=O. The van der Waals surface area contributed by atoms with Crippen LogP contribution in [0.4, 0.5) is 0 Å². The lowest BCUT2D eigenvalue weighted by Gasteiger charge is -2.16. The Morgan fingerprint density at radius 2 is 1.72 bits per heavy atom. The summed E-state index contributed by atoms with van der Waals surface area (Å²) in [5.74, 6) is -1.21. The predicted octanol–water partition coefficient (Wildman–Crippen LogP) is 3.41. The van der Waals surface area contributed by atoms with Crippen LogP contribution in [0, 0.1) is 6.92 Å². The van der Waals surface area contributed by atoms with Gasteiger partial charge in [-0.25, -0.2) is 12.4 Å². The van der Waals surface area contributed by atoms with Gasteiger partial charge in [0.1, 0.15) is 5.69 Å². The summed E-state index contributed by atoms with van der Waals surface area (Å²) in [5.41, 5.74) is 1.42. The number of nitrogens with zero attached hydrogens (tertiary/aromatic N) is 1. The van der Waals surface area contributed by atoms with Crippen molar-refractivity contribution in [2.45, 2.75) is 43.9 Å². The highest BCUT2D eigenvalue weighted by atomic mass is 32.2. The third-order valence-electron chi connectivity index (χ3n) is 5.42. The number of rotatable bonds is 9. The molecule has 2 aromatic rings. The summed E-state index contributed by atoms with van der Waals surface area (Å²) in [6.45, 7) is 10.2. The number of carbonyl (C=O) groups is 2. The molecule has 0 amide bonds. The minimum Gasteiger partial charge on any atom is -0.492 e. The zero-order valence-corrected chi connectivity index (χ0v) is 21.0. The fraction of sp³-hybridized carbons (Fsp3) is 0.391. The number of benzene rings is 1. The first-order valence-corrected chi connectivity index (χ1v) is 15.7. The third-order valence-corrected chi connectivity index (χ3v) is 8.84. The molecule has 0 bridgehead atoms. The smallest absolute Gasteiger partial charge is 0.268 e. The zero-order chi connectivity index (χ0) is 23.7. The first-order chi connectivity index (χ1) is 15.0. The quantitative estimate of drug-likeness (QED) is 0.442. The molecule has 1 aliphatic carbocycles. The number of hydrogen-bond acceptors (Lipinski definition) is 6. The van der Waals surface area contributed by atoms with Crippen LogP contribution in [-0.2, 0) is 21.2 Å². The lowest BCUT2D eigenvalue weighted by molar-refractivity contribution is 0.0911. The Labute approximate surface area is 190 Å². The Morgan fingerprint density at radius 3 is 2.31 bits per heavy atom. The van der Waals surface area contributed by atoms with Gasteiger partial charge in [0.15, 0.2) is 11.5 Å². The number of allylic oxidation sites excluding steroid dienone is 2. The van der Waals surface area contributed by atoms with Crippen molar-refractivity contribution in [1.29, 1.82) is 0 Å². The van der Waals surface area contributed by atoms with Crippen LogP contribution in [0.3, 0.4) is 0 Å². The molecule has 1 aromatic heterocycles. The summed E-state index contributed by atoms with van der Waals surface area (Å²) in [7, 11) is -3.96. The zero-order valence-electron chi connectivity index (χ0n) is 19.2. The fourth-order valence-electron chi connectivity index (χ4n) is 3.56. The molecule has 0 spiro atoms. The van der Waals surface area contributed by atoms with Crippen LogP contribution < -0.4 is 5.32 Å². The van der Waals surface area contributed by atoms with Crippen molar-refractivity contribution in [1.82, 2.24) is 9.29 Å². The maximum atomic E-state index is 13.4. The van der Waals surface area contributed by atoms with Crippen LogP contribution in [0.1, 0.15) is 32.0 Å². The lowest BCUT2D eigenvalue weighted by Crippen LogP contribution is -2.28. The van der Waals surface area contributed by atoms with Gasteiger partial charge in [0, 0.05) is 20.3 Å². The number of aryl methyl sites for hydroxylation is 1. The van der Waals surface area contributed by atoms with Gasteiger partial charge in [-0.3, -0.25) is 9.59 Å². The van der Waals surface area contributed by atoms with Gasteiger partial charge in [-0.05, 0) is 50.2 Å². The van der Waals surface area contributed by atoms with E-state index in [-0.39, 0.29) is 21.9 Å². The molecular weight excluding hydrogens is 444 g/mol. The van der Waals surface area contributed by atoms with Gasteiger partial charge in [0.05, 0.1) is 17.6 Å². The van der Waals surface area contributed by atoms with Gasteiger partial charge in [0.2, 0.25) is 5.78 Å². The molecular formula is C23H30N2O5SSi. The summed E-state index contributed by atoms with van der Waals surface area (Å²) in [6, 6.07) is 7.50. The number of aromatic nitrogens is 1. The topological polar surface area (TPSA) is 94.5 Å². The van der Waals surface area contributed by atoms with Crippen molar-refractivity contribution in [3.05, 3.63) is 64.7 Å². The Hall–Kier alpha value is -2.49. The highest BCUT2D eigenvalue weighted by molar-refractivity contribution is 7.90. The molecule has 0 unspecified atom stereocenters. The molecule has 0 saturated heterocycles. The highest BCUT2D eigenvalue weighted by Gasteiger charge is 2.36. The number of hydrogen-bond donors (Lipinski definition) is 1. The minimum absolute atomic E-state index is 0.0504. The Balaban J connectivity index is 2.00. The Bertz CT molecular complexity index is 1170. The molecule has 0 fully saturated rings. The molecule has 1 heterocycles. The summed E-state index contributed by atoms with van der Waals surface area (Å²) in [4.78, 5) is 25.9. The molecule has 0 atom stereocenters. The van der Waals surface area contributed by atoms with E-state index in [1.165, 1.54) is 25.4 Å². The number of Topliss-reactive ketones (excluding diaryl/α,β-unsaturated/α-hetero) is 1. The molecule has 32 heavy (non-hydrogen) atoms. The first-order valence-electron chi connectivity index (χ1n) is 10.6. The molecule has 172 valence electrons. The van der Waals surface area contributed by atoms with E-state index in [2.05, 4.69) is 25.0 Å². The van der Waals surface area contributed by atoms with Crippen molar-refractivity contribution < 1.29 is 22.7 Å². The van der Waals surface area contributed by atoms with Gasteiger partial charge in [0.25, 0.3) is 10.0 Å². The first kappa shape index (κ1) is 24.2. The maximum Gasteiger partial charge on any atom is 0.268 e. The van der Waals surface area contributed by atoms with Crippen molar-refractivity contribution in [2.75, 3.05) is 20.2 Å². The van der Waals surface area contributed by atoms with Gasteiger partial charge < -0.3 is 10.1 Å². The van der Waals surface area contributed by atoms with Crippen molar-refractivity contribution in [3.8, 4) is 0 Å². The Kier molecular flexibility index (Phi) is 6.92. The van der Waals surface area contributed by atoms with Crippen LogP contribution in [-0.4, -0.2) is 52.2 Å². The standard InChI is InChI=1S/C23H30N2O5SSi/c1-16-6-8-18(9-7-16)31(28,29)25-15-17(10-11-24-12-13-32(3,4)5)21-19(26)14-20(30-2)23(27)22(21)25/h6-9,14-15,24H,10-13H2,1-5H3. The van der Waals surface area contributed by atoms with E-state index in [1.807, 2.05) is 6.92 Å². The van der Waals surface area contributed by atoms with Gasteiger partial charge in [-0.15, -0.1) is 0 Å². The van der Waals surface area contributed by atoms with Gasteiger partial charge >= 0.3 is 0 Å². The number of ketones is 2. The second-order valence-electron chi connectivity index (χ2n) is 9.21. The van der Waals surface area contributed by atoms with E-state index >= 15 is 0 Å². The molecule has 3 rings (SSSR count). The van der Waals surface area contributed by atoms with E-state index < -0.39 is 29.7 Å². The van der Waals surface area contributed by atoms with Gasteiger partial charge in [-0.2, -0.15) is 0 Å². The lowest BCUT2D eigenvalue weighted by atomic mass is 9.96. The van der Waals surface area contributed by atoms with Crippen LogP contribution in [0.25, 0.3) is 0 Å². The van der Waals surface area contributed by atoms with Crippen LogP contribution in [0.2, 0.25) is 25.7 Å².